The summed E-state index contributed by atoms with van der Waals surface area (Å²) in [6.07, 6.45) is 0.668. The van der Waals surface area contributed by atoms with Crippen molar-refractivity contribution < 1.29 is 14.3 Å². The average Bonchev–Trinajstić information content (AvgIpc) is 2.75. The van der Waals surface area contributed by atoms with Gasteiger partial charge in [0.05, 0.1) is 25.2 Å². The first-order valence-corrected chi connectivity index (χ1v) is 10.0. The van der Waals surface area contributed by atoms with Gasteiger partial charge in [-0.2, -0.15) is 0 Å². The number of hydrogen-bond donors (Lipinski definition) is 2. The lowest BCUT2D eigenvalue weighted by Gasteiger charge is -2.15. The third-order valence-electron chi connectivity index (χ3n) is 4.89. The molecule has 9 nitrogen and oxygen atoms in total. The molecular formula is C22H26N4O5. The largest absolute Gasteiger partial charge is 0.493 e. The summed E-state index contributed by atoms with van der Waals surface area (Å²) in [5, 5.41) is 2.87. The van der Waals surface area contributed by atoms with Gasteiger partial charge in [0.1, 0.15) is 0 Å². The van der Waals surface area contributed by atoms with E-state index in [0.717, 1.165) is 0 Å². The van der Waals surface area contributed by atoms with E-state index in [9.17, 15) is 14.4 Å². The average molecular weight is 426 g/mol. The van der Waals surface area contributed by atoms with E-state index < -0.39 is 17.2 Å². The predicted octanol–water partition coefficient (Wildman–Crippen LogP) is 2.89. The number of nitrogens with zero attached hydrogens (tertiary/aromatic N) is 2. The van der Waals surface area contributed by atoms with Gasteiger partial charge in [0.2, 0.25) is 0 Å². The maximum Gasteiger partial charge on any atom is 0.329 e. The maximum absolute atomic E-state index is 13.2. The first kappa shape index (κ1) is 22.1. The van der Waals surface area contributed by atoms with Crippen LogP contribution in [0, 0.1) is 0 Å². The van der Waals surface area contributed by atoms with E-state index in [2.05, 4.69) is 15.3 Å². The molecule has 1 aromatic carbocycles. The number of methoxy groups -OCH3 is 2. The number of nitrogens with one attached hydrogen (secondary N) is 2. The lowest BCUT2D eigenvalue weighted by atomic mass is 10.0. The second kappa shape index (κ2) is 9.03. The number of carbonyl (C=O) groups is 1. The Morgan fingerprint density at radius 1 is 1.16 bits per heavy atom. The van der Waals surface area contributed by atoms with Crippen molar-refractivity contribution in [2.75, 3.05) is 19.5 Å². The molecule has 2 aromatic heterocycles. The van der Waals surface area contributed by atoms with Crippen LogP contribution in [0.3, 0.4) is 0 Å². The van der Waals surface area contributed by atoms with Gasteiger partial charge >= 0.3 is 5.69 Å². The molecule has 0 atom stereocenters. The SMILES string of the molecule is CCCn1c(=O)[nH]c(=O)c2c(C(=O)Nc3ccc(OC)c(OC)c3)cc(C(C)C)nc21. The van der Waals surface area contributed by atoms with E-state index >= 15 is 0 Å². The van der Waals surface area contributed by atoms with Crippen molar-refractivity contribution in [3.05, 3.63) is 56.4 Å². The lowest BCUT2D eigenvalue weighted by molar-refractivity contribution is 0.102. The molecule has 0 unspecified atom stereocenters. The Bertz CT molecular complexity index is 1240. The summed E-state index contributed by atoms with van der Waals surface area (Å²) in [5.41, 5.74) is 0.248. The Hall–Kier alpha value is -3.62. The second-order valence-electron chi connectivity index (χ2n) is 7.38. The zero-order chi connectivity index (χ0) is 22.7. The van der Waals surface area contributed by atoms with Crippen LogP contribution in [0.15, 0.2) is 33.9 Å². The molecule has 9 heteroatoms. The summed E-state index contributed by atoms with van der Waals surface area (Å²) in [7, 11) is 3.02. The van der Waals surface area contributed by atoms with Crippen LogP contribution < -0.4 is 26.0 Å². The fourth-order valence-corrected chi connectivity index (χ4v) is 3.31. The van der Waals surface area contributed by atoms with Gasteiger partial charge in [-0.25, -0.2) is 9.78 Å². The molecule has 31 heavy (non-hydrogen) atoms. The monoisotopic (exact) mass is 426 g/mol. The van der Waals surface area contributed by atoms with Crippen molar-refractivity contribution in [1.29, 1.82) is 0 Å². The van der Waals surface area contributed by atoms with E-state index in [-0.39, 0.29) is 22.5 Å². The highest BCUT2D eigenvalue weighted by molar-refractivity contribution is 6.12. The molecule has 0 aliphatic rings. The van der Waals surface area contributed by atoms with Crippen molar-refractivity contribution in [2.45, 2.75) is 39.7 Å². The Morgan fingerprint density at radius 2 is 1.87 bits per heavy atom. The minimum atomic E-state index is -0.646. The first-order chi connectivity index (χ1) is 14.8. The third-order valence-corrected chi connectivity index (χ3v) is 4.89. The number of anilines is 1. The fourth-order valence-electron chi connectivity index (χ4n) is 3.31. The number of hydrogen-bond acceptors (Lipinski definition) is 6. The Morgan fingerprint density at radius 3 is 2.48 bits per heavy atom. The molecule has 0 saturated heterocycles. The standard InChI is InChI=1S/C22H26N4O5/c1-6-9-26-19-18(21(28)25-22(26)29)14(11-15(24-19)12(2)3)20(27)23-13-7-8-16(30-4)17(10-13)31-5/h7-8,10-12H,6,9H2,1-5H3,(H,23,27)(H,25,28,29). The van der Waals surface area contributed by atoms with Gasteiger partial charge < -0.3 is 14.8 Å². The number of ether oxygens (including phenoxy) is 2. The van der Waals surface area contributed by atoms with Crippen molar-refractivity contribution in [3.63, 3.8) is 0 Å². The minimum Gasteiger partial charge on any atom is -0.493 e. The van der Waals surface area contributed by atoms with Gasteiger partial charge in [-0.15, -0.1) is 0 Å². The van der Waals surface area contributed by atoms with Crippen LogP contribution in [0.2, 0.25) is 0 Å². The van der Waals surface area contributed by atoms with Gasteiger partial charge in [-0.05, 0) is 30.5 Å². The van der Waals surface area contributed by atoms with E-state index in [4.69, 9.17) is 9.47 Å². The normalized spacial score (nSPS) is 11.0. The number of aryl methyl sites for hydroxylation is 1. The summed E-state index contributed by atoms with van der Waals surface area (Å²) in [6, 6.07) is 6.56. The molecular weight excluding hydrogens is 400 g/mol. The van der Waals surface area contributed by atoms with E-state index in [1.54, 1.807) is 24.3 Å². The van der Waals surface area contributed by atoms with Crippen molar-refractivity contribution in [1.82, 2.24) is 14.5 Å². The highest BCUT2D eigenvalue weighted by Crippen LogP contribution is 2.30. The molecule has 0 aliphatic carbocycles. The van der Waals surface area contributed by atoms with E-state index in [1.165, 1.54) is 18.8 Å². The number of rotatable bonds is 7. The second-order valence-corrected chi connectivity index (χ2v) is 7.38. The number of aromatic amines is 1. The molecule has 2 heterocycles. The van der Waals surface area contributed by atoms with Gasteiger partial charge in [0.25, 0.3) is 11.5 Å². The summed E-state index contributed by atoms with van der Waals surface area (Å²) in [5.74, 6) is 0.476. The van der Waals surface area contributed by atoms with Crippen molar-refractivity contribution in [2.24, 2.45) is 0 Å². The highest BCUT2D eigenvalue weighted by Gasteiger charge is 2.21. The number of aromatic nitrogens is 3. The Kier molecular flexibility index (Phi) is 6.43. The molecule has 2 N–H and O–H groups in total. The highest BCUT2D eigenvalue weighted by atomic mass is 16.5. The summed E-state index contributed by atoms with van der Waals surface area (Å²) in [6.45, 7) is 6.15. The molecule has 3 aromatic rings. The molecule has 0 radical (unpaired) electrons. The number of pyridine rings is 1. The Labute approximate surface area is 179 Å². The fraction of sp³-hybridized carbons (Fsp3) is 0.364. The predicted molar refractivity (Wildman–Crippen MR) is 119 cm³/mol. The van der Waals surface area contributed by atoms with E-state index in [0.29, 0.717) is 35.8 Å². The molecule has 164 valence electrons. The molecule has 1 amide bonds. The number of fused-ring (bicyclic) bond motifs is 1. The van der Waals surface area contributed by atoms with Gasteiger partial charge in [0, 0.05) is 24.0 Å². The summed E-state index contributed by atoms with van der Waals surface area (Å²) < 4.78 is 11.9. The van der Waals surface area contributed by atoms with Gasteiger partial charge in [-0.3, -0.25) is 19.1 Å². The van der Waals surface area contributed by atoms with Crippen molar-refractivity contribution in [3.8, 4) is 11.5 Å². The van der Waals surface area contributed by atoms with Crippen LogP contribution in [0.25, 0.3) is 11.0 Å². The number of H-pyrrole nitrogens is 1. The molecule has 0 spiro atoms. The van der Waals surface area contributed by atoms with Crippen LogP contribution in [0.5, 0.6) is 11.5 Å². The minimum absolute atomic E-state index is 0.0125. The van der Waals surface area contributed by atoms with Crippen LogP contribution in [0.4, 0.5) is 5.69 Å². The smallest absolute Gasteiger partial charge is 0.329 e. The molecule has 3 rings (SSSR count). The van der Waals surface area contributed by atoms with Crippen LogP contribution in [0.1, 0.15) is 49.2 Å². The van der Waals surface area contributed by atoms with Crippen LogP contribution in [-0.4, -0.2) is 34.7 Å². The number of carbonyl (C=O) groups excluding carboxylic acids is 1. The van der Waals surface area contributed by atoms with Crippen LogP contribution in [-0.2, 0) is 6.54 Å². The zero-order valence-electron chi connectivity index (χ0n) is 18.2. The topological polar surface area (TPSA) is 115 Å². The summed E-state index contributed by atoms with van der Waals surface area (Å²) in [4.78, 5) is 45.1. The first-order valence-electron chi connectivity index (χ1n) is 10.0. The summed E-state index contributed by atoms with van der Waals surface area (Å²) >= 11 is 0. The van der Waals surface area contributed by atoms with Crippen molar-refractivity contribution >= 4 is 22.6 Å². The van der Waals surface area contributed by atoms with Gasteiger partial charge in [0.15, 0.2) is 17.1 Å². The molecule has 0 fully saturated rings. The zero-order valence-corrected chi connectivity index (χ0v) is 18.2. The van der Waals surface area contributed by atoms with E-state index in [1.807, 2.05) is 20.8 Å². The van der Waals surface area contributed by atoms with Gasteiger partial charge in [-0.1, -0.05) is 20.8 Å². The number of amides is 1. The quantitative estimate of drug-likeness (QED) is 0.600. The number of benzene rings is 1. The third kappa shape index (κ3) is 4.30. The molecule has 0 aliphatic heterocycles. The van der Waals surface area contributed by atoms with Crippen LogP contribution >= 0.6 is 0 Å². The maximum atomic E-state index is 13.2. The molecule has 0 bridgehead atoms. The Balaban J connectivity index is 2.19. The lowest BCUT2D eigenvalue weighted by Crippen LogP contribution is -2.32. The molecule has 0 saturated carbocycles.